The SMILES string of the molecule is COc1ccc2c(-c3cccc(-c4ccccc4)c3)nc(N)nc2c1. The Hall–Kier alpha value is -3.40. The largest absolute Gasteiger partial charge is 0.497 e. The molecule has 4 nitrogen and oxygen atoms in total. The smallest absolute Gasteiger partial charge is 0.221 e. The van der Waals surface area contributed by atoms with Crippen LogP contribution in [0.25, 0.3) is 33.3 Å². The topological polar surface area (TPSA) is 61.0 Å². The van der Waals surface area contributed by atoms with Crippen molar-refractivity contribution in [3.05, 3.63) is 72.8 Å². The van der Waals surface area contributed by atoms with Crippen molar-refractivity contribution in [2.75, 3.05) is 12.8 Å². The summed E-state index contributed by atoms with van der Waals surface area (Å²) in [5.41, 5.74) is 10.8. The highest BCUT2D eigenvalue weighted by atomic mass is 16.5. The van der Waals surface area contributed by atoms with E-state index in [-0.39, 0.29) is 5.95 Å². The van der Waals surface area contributed by atoms with Gasteiger partial charge >= 0.3 is 0 Å². The number of anilines is 1. The van der Waals surface area contributed by atoms with Crippen LogP contribution in [0.1, 0.15) is 0 Å². The van der Waals surface area contributed by atoms with Gasteiger partial charge in [-0.15, -0.1) is 0 Å². The highest BCUT2D eigenvalue weighted by molar-refractivity contribution is 5.94. The van der Waals surface area contributed by atoms with Gasteiger partial charge in [0.05, 0.1) is 18.3 Å². The number of hydrogen-bond acceptors (Lipinski definition) is 4. The second-order valence-corrected chi connectivity index (χ2v) is 5.76. The van der Waals surface area contributed by atoms with E-state index in [2.05, 4.69) is 34.2 Å². The number of rotatable bonds is 3. The summed E-state index contributed by atoms with van der Waals surface area (Å²) in [6.07, 6.45) is 0. The molecule has 0 unspecified atom stereocenters. The molecule has 0 spiro atoms. The molecule has 3 aromatic carbocycles. The Morgan fingerprint density at radius 1 is 0.760 bits per heavy atom. The molecule has 0 bridgehead atoms. The molecule has 1 heterocycles. The second kappa shape index (κ2) is 6.24. The Morgan fingerprint density at radius 2 is 1.52 bits per heavy atom. The van der Waals surface area contributed by atoms with Crippen molar-refractivity contribution in [1.29, 1.82) is 0 Å². The van der Waals surface area contributed by atoms with Crippen molar-refractivity contribution in [1.82, 2.24) is 9.97 Å². The van der Waals surface area contributed by atoms with Crippen LogP contribution in [0.4, 0.5) is 5.95 Å². The lowest BCUT2D eigenvalue weighted by molar-refractivity contribution is 0.415. The highest BCUT2D eigenvalue weighted by Crippen LogP contribution is 2.31. The predicted molar refractivity (Wildman–Crippen MR) is 101 cm³/mol. The van der Waals surface area contributed by atoms with Gasteiger partial charge in [0.25, 0.3) is 0 Å². The molecular weight excluding hydrogens is 310 g/mol. The van der Waals surface area contributed by atoms with Gasteiger partial charge in [-0.1, -0.05) is 48.5 Å². The van der Waals surface area contributed by atoms with E-state index in [1.54, 1.807) is 7.11 Å². The summed E-state index contributed by atoms with van der Waals surface area (Å²) in [4.78, 5) is 8.83. The lowest BCUT2D eigenvalue weighted by Gasteiger charge is -2.10. The third kappa shape index (κ3) is 2.90. The molecule has 4 heteroatoms. The van der Waals surface area contributed by atoms with E-state index < -0.39 is 0 Å². The molecule has 4 rings (SSSR count). The van der Waals surface area contributed by atoms with Crippen molar-refractivity contribution >= 4 is 16.9 Å². The fourth-order valence-corrected chi connectivity index (χ4v) is 2.95. The molecule has 0 atom stereocenters. The molecule has 0 aliphatic carbocycles. The van der Waals surface area contributed by atoms with Gasteiger partial charge in [-0.3, -0.25) is 0 Å². The maximum Gasteiger partial charge on any atom is 0.221 e. The van der Waals surface area contributed by atoms with E-state index in [0.29, 0.717) is 0 Å². The summed E-state index contributed by atoms with van der Waals surface area (Å²) >= 11 is 0. The van der Waals surface area contributed by atoms with Gasteiger partial charge in [0, 0.05) is 17.0 Å². The zero-order valence-corrected chi connectivity index (χ0v) is 13.8. The summed E-state index contributed by atoms with van der Waals surface area (Å²) in [6.45, 7) is 0. The highest BCUT2D eigenvalue weighted by Gasteiger charge is 2.10. The average molecular weight is 327 g/mol. The monoisotopic (exact) mass is 327 g/mol. The lowest BCUT2D eigenvalue weighted by Crippen LogP contribution is -1.98. The molecule has 122 valence electrons. The predicted octanol–water partition coefficient (Wildman–Crippen LogP) is 4.55. The third-order valence-electron chi connectivity index (χ3n) is 4.16. The normalized spacial score (nSPS) is 10.8. The van der Waals surface area contributed by atoms with Crippen molar-refractivity contribution in [2.45, 2.75) is 0 Å². The first-order valence-electron chi connectivity index (χ1n) is 8.02. The van der Waals surface area contributed by atoms with E-state index in [1.807, 2.05) is 48.5 Å². The zero-order chi connectivity index (χ0) is 17.2. The quantitative estimate of drug-likeness (QED) is 0.599. The maximum atomic E-state index is 5.94. The molecule has 2 N–H and O–H groups in total. The van der Waals surface area contributed by atoms with E-state index in [1.165, 1.54) is 0 Å². The van der Waals surface area contributed by atoms with E-state index in [9.17, 15) is 0 Å². The number of benzene rings is 3. The molecule has 1 aromatic heterocycles. The fourth-order valence-electron chi connectivity index (χ4n) is 2.95. The molecule has 0 amide bonds. The zero-order valence-electron chi connectivity index (χ0n) is 13.8. The molecule has 0 saturated heterocycles. The second-order valence-electron chi connectivity index (χ2n) is 5.76. The summed E-state index contributed by atoms with van der Waals surface area (Å²) < 4.78 is 5.28. The molecule has 0 radical (unpaired) electrons. The Labute approximate surface area is 145 Å². The minimum absolute atomic E-state index is 0.251. The van der Waals surface area contributed by atoms with Crippen LogP contribution in [-0.4, -0.2) is 17.1 Å². The molecule has 0 fully saturated rings. The summed E-state index contributed by atoms with van der Waals surface area (Å²) in [5, 5.41) is 0.945. The van der Waals surface area contributed by atoms with Gasteiger partial charge in [-0.2, -0.15) is 0 Å². The van der Waals surface area contributed by atoms with Crippen LogP contribution in [0.3, 0.4) is 0 Å². The summed E-state index contributed by atoms with van der Waals surface area (Å²) in [7, 11) is 1.63. The van der Waals surface area contributed by atoms with Crippen LogP contribution in [0.5, 0.6) is 5.75 Å². The van der Waals surface area contributed by atoms with Crippen LogP contribution >= 0.6 is 0 Å². The minimum atomic E-state index is 0.251. The van der Waals surface area contributed by atoms with Crippen LogP contribution in [0.15, 0.2) is 72.8 Å². The van der Waals surface area contributed by atoms with Gasteiger partial charge in [-0.25, -0.2) is 9.97 Å². The van der Waals surface area contributed by atoms with Crippen LogP contribution in [0.2, 0.25) is 0 Å². The van der Waals surface area contributed by atoms with Crippen LogP contribution in [-0.2, 0) is 0 Å². The number of ether oxygens (including phenoxy) is 1. The van der Waals surface area contributed by atoms with Gasteiger partial charge in [0.2, 0.25) is 5.95 Å². The Bertz CT molecular complexity index is 1050. The van der Waals surface area contributed by atoms with Crippen LogP contribution < -0.4 is 10.5 Å². The number of nitrogen functional groups attached to an aromatic ring is 1. The number of fused-ring (bicyclic) bond motifs is 1. The maximum absolute atomic E-state index is 5.94. The molecular formula is C21H17N3O. The molecule has 0 saturated carbocycles. The molecule has 25 heavy (non-hydrogen) atoms. The van der Waals surface area contributed by atoms with Gasteiger partial charge in [0.15, 0.2) is 0 Å². The van der Waals surface area contributed by atoms with Crippen LogP contribution in [0, 0.1) is 0 Å². The van der Waals surface area contributed by atoms with Crippen molar-refractivity contribution in [3.8, 4) is 28.1 Å². The number of methoxy groups -OCH3 is 1. The van der Waals surface area contributed by atoms with E-state index in [4.69, 9.17) is 10.5 Å². The van der Waals surface area contributed by atoms with E-state index in [0.717, 1.165) is 39.0 Å². The molecule has 0 aliphatic rings. The van der Waals surface area contributed by atoms with E-state index >= 15 is 0 Å². The summed E-state index contributed by atoms with van der Waals surface area (Å²) in [6, 6.07) is 24.3. The third-order valence-corrected chi connectivity index (χ3v) is 4.16. The number of nitrogens with zero attached hydrogens (tertiary/aromatic N) is 2. The first kappa shape index (κ1) is 15.1. The van der Waals surface area contributed by atoms with Crippen molar-refractivity contribution in [2.24, 2.45) is 0 Å². The minimum Gasteiger partial charge on any atom is -0.497 e. The molecule has 4 aromatic rings. The number of nitrogens with two attached hydrogens (primary N) is 1. The average Bonchev–Trinajstić information content (AvgIpc) is 2.67. The fraction of sp³-hybridized carbons (Fsp3) is 0.0476. The first-order chi connectivity index (χ1) is 12.2. The Morgan fingerprint density at radius 3 is 2.32 bits per heavy atom. The van der Waals surface area contributed by atoms with Crippen molar-refractivity contribution < 1.29 is 4.74 Å². The first-order valence-corrected chi connectivity index (χ1v) is 8.02. The lowest BCUT2D eigenvalue weighted by atomic mass is 10.00. The standard InChI is InChI=1S/C21H17N3O/c1-25-17-10-11-18-19(13-17)23-21(22)24-20(18)16-9-5-8-15(12-16)14-6-3-2-4-7-14/h2-13H,1H3,(H2,22,23,24). The van der Waals surface area contributed by atoms with Crippen molar-refractivity contribution in [3.63, 3.8) is 0 Å². The molecule has 0 aliphatic heterocycles. The summed E-state index contributed by atoms with van der Waals surface area (Å²) in [5.74, 6) is 0.996. The van der Waals surface area contributed by atoms with Gasteiger partial charge < -0.3 is 10.5 Å². The number of hydrogen-bond donors (Lipinski definition) is 1. The van der Waals surface area contributed by atoms with Gasteiger partial charge in [0.1, 0.15) is 5.75 Å². The van der Waals surface area contributed by atoms with Gasteiger partial charge in [-0.05, 0) is 29.3 Å². The number of aromatic nitrogens is 2. The Balaban J connectivity index is 1.90. The Kier molecular flexibility index (Phi) is 3.78.